The predicted molar refractivity (Wildman–Crippen MR) is 197 cm³/mol. The Balaban J connectivity index is 1.22. The molecule has 46 heavy (non-hydrogen) atoms. The summed E-state index contributed by atoms with van der Waals surface area (Å²) >= 11 is 3.34. The van der Waals surface area contributed by atoms with Crippen molar-refractivity contribution in [2.45, 2.75) is 0 Å². The molecule has 0 atom stereocenters. The summed E-state index contributed by atoms with van der Waals surface area (Å²) in [4.78, 5) is 10.9. The molecule has 0 radical (unpaired) electrons. The zero-order valence-electron chi connectivity index (χ0n) is 24.7. The first-order chi connectivity index (χ1) is 22.8. The number of aromatic nitrogens is 2. The molecule has 0 aliphatic carbocycles. The summed E-state index contributed by atoms with van der Waals surface area (Å²) in [6.07, 6.45) is 3.86. The summed E-state index contributed by atoms with van der Waals surface area (Å²) in [7, 11) is 0. The van der Waals surface area contributed by atoms with Crippen LogP contribution in [0.3, 0.4) is 0 Å². The molecule has 0 unspecified atom stereocenters. The van der Waals surface area contributed by atoms with E-state index < -0.39 is 0 Å². The van der Waals surface area contributed by atoms with Crippen LogP contribution in [0.2, 0.25) is 0 Å². The van der Waals surface area contributed by atoms with Crippen LogP contribution in [0.4, 0.5) is 0 Å². The minimum atomic E-state index is 1.19. The van der Waals surface area contributed by atoms with E-state index >= 15 is 0 Å². The molecule has 0 amide bonds. The van der Waals surface area contributed by atoms with E-state index in [-0.39, 0.29) is 0 Å². The average Bonchev–Trinajstić information content (AvgIpc) is 3.88. The van der Waals surface area contributed by atoms with Crippen molar-refractivity contribution in [2.24, 2.45) is 0 Å². The largest absolute Gasteiger partial charge is 0.252 e. The van der Waals surface area contributed by atoms with E-state index in [1.807, 2.05) is 23.4 Å². The molecule has 0 aliphatic rings. The van der Waals surface area contributed by atoms with Crippen LogP contribution in [0.5, 0.6) is 0 Å². The molecule has 0 spiro atoms. The maximum absolute atomic E-state index is 4.25. The highest BCUT2D eigenvalue weighted by atomic mass is 32.1. The van der Waals surface area contributed by atoms with Crippen molar-refractivity contribution >= 4 is 55.0 Å². The highest BCUT2D eigenvalue weighted by molar-refractivity contribution is 7.13. The fraction of sp³-hybridized carbons (Fsp3) is 0. The summed E-state index contributed by atoms with van der Waals surface area (Å²) in [5.41, 5.74) is 13.5. The Labute approximate surface area is 274 Å². The fourth-order valence-electron chi connectivity index (χ4n) is 6.55. The zero-order chi connectivity index (χ0) is 30.5. The van der Waals surface area contributed by atoms with Gasteiger partial charge in [0.05, 0.1) is 20.8 Å². The molecular weight excluding hydrogens is 597 g/mol. The van der Waals surface area contributed by atoms with Gasteiger partial charge >= 0.3 is 0 Å². The Morgan fingerprint density at radius 3 is 1.07 bits per heavy atom. The van der Waals surface area contributed by atoms with Gasteiger partial charge in [-0.3, -0.25) is 9.97 Å². The van der Waals surface area contributed by atoms with Crippen molar-refractivity contribution in [3.63, 3.8) is 0 Å². The first kappa shape index (κ1) is 26.9. The first-order valence-electron chi connectivity index (χ1n) is 15.3. The molecule has 2 nitrogen and oxygen atoms in total. The average molecular weight is 623 g/mol. The van der Waals surface area contributed by atoms with Gasteiger partial charge < -0.3 is 0 Å². The van der Waals surface area contributed by atoms with Gasteiger partial charge in [-0.2, -0.15) is 0 Å². The van der Waals surface area contributed by atoms with E-state index in [9.17, 15) is 0 Å². The lowest BCUT2D eigenvalue weighted by Crippen LogP contribution is -1.88. The van der Waals surface area contributed by atoms with E-state index in [0.717, 1.165) is 0 Å². The lowest BCUT2D eigenvalue weighted by molar-refractivity contribution is 1.42. The van der Waals surface area contributed by atoms with Gasteiger partial charge in [0.1, 0.15) is 0 Å². The minimum absolute atomic E-state index is 1.19. The number of benzene rings is 7. The maximum atomic E-state index is 4.25. The molecule has 9 aromatic rings. The maximum Gasteiger partial charge on any atom is 0.0797 e. The van der Waals surface area contributed by atoms with E-state index in [1.165, 1.54) is 86.6 Å². The lowest BCUT2D eigenvalue weighted by atomic mass is 9.89. The van der Waals surface area contributed by atoms with Gasteiger partial charge in [-0.25, -0.2) is 0 Å². The molecule has 4 heteroatoms. The van der Waals surface area contributed by atoms with Crippen LogP contribution in [0, 0.1) is 0 Å². The van der Waals surface area contributed by atoms with Crippen molar-refractivity contribution < 1.29 is 0 Å². The molecule has 216 valence electrons. The zero-order valence-corrected chi connectivity index (χ0v) is 26.4. The molecule has 7 aromatic carbocycles. The quantitative estimate of drug-likeness (QED) is 0.178. The standard InChI is InChI=1S/C42H26N2S2/c1-2-4-27(5-3-1)32-16-19-37-38-20-33(28-6-10-30(11-7-28)41-23-43-25-45-41)14-17-35(38)36-18-15-34(22-39(36)40(37)21-32)29-8-12-31(13-9-29)42-24-44-26-46-42/h1-26H. The summed E-state index contributed by atoms with van der Waals surface area (Å²) in [6.45, 7) is 0. The van der Waals surface area contributed by atoms with Crippen LogP contribution < -0.4 is 0 Å². The second kappa shape index (κ2) is 11.2. The van der Waals surface area contributed by atoms with Crippen molar-refractivity contribution in [3.8, 4) is 54.3 Å². The van der Waals surface area contributed by atoms with Gasteiger partial charge in [0.2, 0.25) is 0 Å². The van der Waals surface area contributed by atoms with E-state index in [4.69, 9.17) is 0 Å². The Morgan fingerprint density at radius 1 is 0.304 bits per heavy atom. The molecule has 0 bridgehead atoms. The molecule has 0 fully saturated rings. The predicted octanol–water partition coefficient (Wildman–Crippen LogP) is 12.4. The summed E-state index contributed by atoms with van der Waals surface area (Å²) in [6, 6.07) is 49.2. The highest BCUT2D eigenvalue weighted by Crippen LogP contribution is 2.41. The lowest BCUT2D eigenvalue weighted by Gasteiger charge is -2.15. The van der Waals surface area contributed by atoms with Crippen LogP contribution in [0.1, 0.15) is 0 Å². The molecule has 0 aliphatic heterocycles. The number of nitrogens with zero attached hydrogens (tertiary/aromatic N) is 2. The normalized spacial score (nSPS) is 11.5. The molecule has 0 saturated carbocycles. The number of hydrogen-bond donors (Lipinski definition) is 0. The van der Waals surface area contributed by atoms with Crippen LogP contribution >= 0.6 is 22.7 Å². The van der Waals surface area contributed by atoms with Crippen molar-refractivity contribution in [2.75, 3.05) is 0 Å². The molecule has 0 saturated heterocycles. The highest BCUT2D eigenvalue weighted by Gasteiger charge is 2.13. The number of rotatable bonds is 5. The molecule has 2 heterocycles. The van der Waals surface area contributed by atoms with Crippen molar-refractivity contribution in [3.05, 3.63) is 157 Å². The smallest absolute Gasteiger partial charge is 0.0797 e. The van der Waals surface area contributed by atoms with Gasteiger partial charge in [0, 0.05) is 12.4 Å². The van der Waals surface area contributed by atoms with E-state index in [1.54, 1.807) is 22.7 Å². The van der Waals surface area contributed by atoms with Crippen molar-refractivity contribution in [1.29, 1.82) is 0 Å². The molecule has 2 aromatic heterocycles. The van der Waals surface area contributed by atoms with Gasteiger partial charge in [-0.05, 0) is 95.0 Å². The third-order valence-corrected chi connectivity index (χ3v) is 10.6. The van der Waals surface area contributed by atoms with Crippen LogP contribution in [0.25, 0.3) is 86.6 Å². The summed E-state index contributed by atoms with van der Waals surface area (Å²) in [5.74, 6) is 0. The monoisotopic (exact) mass is 622 g/mol. The molecule has 9 rings (SSSR count). The number of thiazole rings is 2. The number of hydrogen-bond acceptors (Lipinski definition) is 4. The van der Waals surface area contributed by atoms with Crippen LogP contribution in [0.15, 0.2) is 157 Å². The van der Waals surface area contributed by atoms with E-state index in [2.05, 4.69) is 143 Å². The van der Waals surface area contributed by atoms with Gasteiger partial charge in [0.25, 0.3) is 0 Å². The van der Waals surface area contributed by atoms with Crippen LogP contribution in [-0.4, -0.2) is 9.97 Å². The van der Waals surface area contributed by atoms with Gasteiger partial charge in [0.15, 0.2) is 0 Å². The number of fused-ring (bicyclic) bond motifs is 6. The Morgan fingerprint density at radius 2 is 0.652 bits per heavy atom. The second-order valence-corrected chi connectivity index (χ2v) is 13.3. The SMILES string of the molecule is c1ccc(-c2ccc3c4cc(-c5ccc(-c6cncs6)cc5)ccc4c4ccc(-c5ccc(-c6cncs6)cc5)cc4c3c2)cc1. The minimum Gasteiger partial charge on any atom is -0.252 e. The molecular formula is C42H26N2S2. The van der Waals surface area contributed by atoms with E-state index in [0.29, 0.717) is 0 Å². The summed E-state index contributed by atoms with van der Waals surface area (Å²) in [5, 5.41) is 7.61. The molecule has 0 N–H and O–H groups in total. The second-order valence-electron chi connectivity index (χ2n) is 11.5. The van der Waals surface area contributed by atoms with Crippen molar-refractivity contribution in [1.82, 2.24) is 9.97 Å². The topological polar surface area (TPSA) is 25.8 Å². The fourth-order valence-corrected chi connectivity index (χ4v) is 7.80. The van der Waals surface area contributed by atoms with Crippen LogP contribution in [-0.2, 0) is 0 Å². The Kier molecular flexibility index (Phi) is 6.55. The Bertz CT molecular complexity index is 2480. The third-order valence-electron chi connectivity index (χ3n) is 8.91. The van der Waals surface area contributed by atoms with Gasteiger partial charge in [-0.15, -0.1) is 22.7 Å². The Hall–Kier alpha value is -5.42. The summed E-state index contributed by atoms with van der Waals surface area (Å²) < 4.78 is 0. The van der Waals surface area contributed by atoms with Gasteiger partial charge in [-0.1, -0.05) is 115 Å². The third kappa shape index (κ3) is 4.71. The first-order valence-corrected chi connectivity index (χ1v) is 17.0.